The van der Waals surface area contributed by atoms with Crippen LogP contribution in [0.15, 0.2) is 0 Å². The molecule has 1 heterocycles. The maximum atomic E-state index is 11.4. The Bertz CT molecular complexity index is 251. The molecule has 2 rings (SSSR count). The summed E-state index contributed by atoms with van der Waals surface area (Å²) in [5.41, 5.74) is 0. The number of rotatable bonds is 1. The molecule has 0 aromatic rings. The van der Waals surface area contributed by atoms with Gasteiger partial charge in [0.25, 0.3) is 0 Å². The minimum absolute atomic E-state index is 0.0325. The van der Waals surface area contributed by atoms with E-state index in [1.807, 2.05) is 0 Å². The lowest BCUT2D eigenvalue weighted by Gasteiger charge is -2.22. The van der Waals surface area contributed by atoms with Crippen molar-refractivity contribution >= 4 is 11.8 Å². The highest BCUT2D eigenvalue weighted by Gasteiger charge is 2.42. The topological polar surface area (TPSA) is 66.4 Å². The van der Waals surface area contributed by atoms with Crippen LogP contribution >= 0.6 is 0 Å². The largest absolute Gasteiger partial charge is 0.480 e. The van der Waals surface area contributed by atoms with E-state index in [0.29, 0.717) is 12.8 Å². The molecule has 2 N–H and O–H groups in total. The highest BCUT2D eigenvalue weighted by Crippen LogP contribution is 2.30. The van der Waals surface area contributed by atoms with Crippen LogP contribution in [-0.4, -0.2) is 28.9 Å². The third kappa shape index (κ3) is 1.46. The number of fused-ring (bicyclic) bond motifs is 1. The molecule has 13 heavy (non-hydrogen) atoms. The number of ketones is 1. The fraction of sp³-hybridized carbons (Fsp3) is 0.778. The zero-order chi connectivity index (χ0) is 9.42. The van der Waals surface area contributed by atoms with Crippen LogP contribution in [0, 0.1) is 5.92 Å². The van der Waals surface area contributed by atoms with E-state index < -0.39 is 12.0 Å². The van der Waals surface area contributed by atoms with Gasteiger partial charge in [0.05, 0.1) is 0 Å². The molecule has 0 radical (unpaired) electrons. The van der Waals surface area contributed by atoms with E-state index in [2.05, 4.69) is 5.32 Å². The Morgan fingerprint density at radius 1 is 1.54 bits per heavy atom. The van der Waals surface area contributed by atoms with Gasteiger partial charge < -0.3 is 10.4 Å². The first-order valence-corrected chi connectivity index (χ1v) is 4.70. The molecule has 0 unspecified atom stereocenters. The van der Waals surface area contributed by atoms with Crippen molar-refractivity contribution in [2.45, 2.75) is 37.8 Å². The standard InChI is InChI=1S/C9H13NO3/c11-8-3-1-2-6-5(8)4-7(10-6)9(12)13/h5-7,10H,1-4H2,(H,12,13)/t5-,6-,7-/m1/s1. The van der Waals surface area contributed by atoms with Crippen LogP contribution in [-0.2, 0) is 9.59 Å². The van der Waals surface area contributed by atoms with Crippen molar-refractivity contribution in [3.63, 3.8) is 0 Å². The van der Waals surface area contributed by atoms with Crippen molar-refractivity contribution in [3.05, 3.63) is 0 Å². The number of carbonyl (C=O) groups excluding carboxylic acids is 1. The van der Waals surface area contributed by atoms with Gasteiger partial charge >= 0.3 is 5.97 Å². The van der Waals surface area contributed by atoms with E-state index in [1.54, 1.807) is 0 Å². The summed E-state index contributed by atoms with van der Waals surface area (Å²) >= 11 is 0. The molecule has 0 bridgehead atoms. The van der Waals surface area contributed by atoms with Crippen LogP contribution in [0.4, 0.5) is 0 Å². The predicted molar refractivity (Wildman–Crippen MR) is 45.3 cm³/mol. The summed E-state index contributed by atoms with van der Waals surface area (Å²) in [4.78, 5) is 22.1. The molecule has 1 saturated carbocycles. The third-order valence-corrected chi connectivity index (χ3v) is 3.04. The Balaban J connectivity index is 2.08. The van der Waals surface area contributed by atoms with Crippen molar-refractivity contribution in [2.75, 3.05) is 0 Å². The highest BCUT2D eigenvalue weighted by atomic mass is 16.4. The summed E-state index contributed by atoms with van der Waals surface area (Å²) in [5.74, 6) is -0.621. The van der Waals surface area contributed by atoms with Crippen LogP contribution in [0.1, 0.15) is 25.7 Å². The van der Waals surface area contributed by atoms with Gasteiger partial charge in [-0.3, -0.25) is 9.59 Å². The van der Waals surface area contributed by atoms with Crippen LogP contribution in [0.5, 0.6) is 0 Å². The molecule has 2 fully saturated rings. The van der Waals surface area contributed by atoms with Gasteiger partial charge in [-0.1, -0.05) is 0 Å². The molecule has 0 aromatic heterocycles. The Morgan fingerprint density at radius 3 is 2.92 bits per heavy atom. The summed E-state index contributed by atoms with van der Waals surface area (Å²) in [6, 6.07) is -0.376. The molecule has 72 valence electrons. The first kappa shape index (κ1) is 8.69. The molecule has 0 aromatic carbocycles. The second kappa shape index (κ2) is 3.10. The van der Waals surface area contributed by atoms with E-state index in [-0.39, 0.29) is 17.7 Å². The minimum atomic E-state index is -0.831. The van der Waals surface area contributed by atoms with Crippen molar-refractivity contribution in [2.24, 2.45) is 5.92 Å². The zero-order valence-corrected chi connectivity index (χ0v) is 7.32. The number of carboxylic acids is 1. The van der Waals surface area contributed by atoms with Gasteiger partial charge in [-0.15, -0.1) is 0 Å². The predicted octanol–water partition coefficient (Wildman–Crippen LogP) is 0.171. The van der Waals surface area contributed by atoms with Crippen LogP contribution in [0.3, 0.4) is 0 Å². The number of hydrogen-bond donors (Lipinski definition) is 2. The number of carbonyl (C=O) groups is 2. The van der Waals surface area contributed by atoms with E-state index in [9.17, 15) is 9.59 Å². The molecule has 1 aliphatic heterocycles. The Morgan fingerprint density at radius 2 is 2.31 bits per heavy atom. The van der Waals surface area contributed by atoms with Gasteiger partial charge in [-0.25, -0.2) is 0 Å². The molecule has 2 aliphatic rings. The van der Waals surface area contributed by atoms with E-state index in [1.165, 1.54) is 0 Å². The highest BCUT2D eigenvalue weighted by molar-refractivity contribution is 5.85. The van der Waals surface area contributed by atoms with Gasteiger partial charge in [0, 0.05) is 18.4 Å². The molecule has 3 atom stereocenters. The summed E-state index contributed by atoms with van der Waals surface area (Å²) in [6.07, 6.45) is 2.97. The lowest BCUT2D eigenvalue weighted by Crippen LogP contribution is -2.38. The fourth-order valence-corrected chi connectivity index (χ4v) is 2.35. The summed E-state index contributed by atoms with van der Waals surface area (Å²) in [5, 5.41) is 11.8. The second-order valence-electron chi connectivity index (χ2n) is 3.86. The number of aliphatic carboxylic acids is 1. The van der Waals surface area contributed by atoms with E-state index in [0.717, 1.165) is 12.8 Å². The number of hydrogen-bond acceptors (Lipinski definition) is 3. The third-order valence-electron chi connectivity index (χ3n) is 3.04. The first-order valence-electron chi connectivity index (χ1n) is 4.70. The Labute approximate surface area is 76.3 Å². The van der Waals surface area contributed by atoms with Gasteiger partial charge in [-0.05, 0) is 19.3 Å². The monoisotopic (exact) mass is 183 g/mol. The number of nitrogens with one attached hydrogen (secondary N) is 1. The van der Waals surface area contributed by atoms with Crippen LogP contribution < -0.4 is 5.32 Å². The van der Waals surface area contributed by atoms with Crippen molar-refractivity contribution < 1.29 is 14.7 Å². The SMILES string of the molecule is O=C(O)[C@H]1C[C@H]2C(=O)CCC[C@H]2N1. The molecule has 4 heteroatoms. The maximum absolute atomic E-state index is 11.4. The molecular formula is C9H13NO3. The fourth-order valence-electron chi connectivity index (χ4n) is 2.35. The quantitative estimate of drug-likeness (QED) is 0.608. The first-order chi connectivity index (χ1) is 6.18. The molecular weight excluding hydrogens is 170 g/mol. The molecule has 1 saturated heterocycles. The van der Waals surface area contributed by atoms with E-state index >= 15 is 0 Å². The number of Topliss-reactive ketones (excluding diaryl/α,β-unsaturated/α-hetero) is 1. The average molecular weight is 183 g/mol. The minimum Gasteiger partial charge on any atom is -0.480 e. The maximum Gasteiger partial charge on any atom is 0.320 e. The van der Waals surface area contributed by atoms with Crippen molar-refractivity contribution in [1.82, 2.24) is 5.32 Å². The average Bonchev–Trinajstić information content (AvgIpc) is 2.49. The zero-order valence-electron chi connectivity index (χ0n) is 7.32. The normalized spacial score (nSPS) is 38.8. The Kier molecular flexibility index (Phi) is 2.07. The summed E-state index contributed by atoms with van der Waals surface area (Å²) in [7, 11) is 0. The van der Waals surface area contributed by atoms with Crippen molar-refractivity contribution in [3.8, 4) is 0 Å². The number of carboxylic acid groups (broad SMARTS) is 1. The van der Waals surface area contributed by atoms with Crippen LogP contribution in [0.25, 0.3) is 0 Å². The summed E-state index contributed by atoms with van der Waals surface area (Å²) in [6.45, 7) is 0. The molecule has 1 aliphatic carbocycles. The second-order valence-corrected chi connectivity index (χ2v) is 3.86. The van der Waals surface area contributed by atoms with Crippen LogP contribution in [0.2, 0.25) is 0 Å². The van der Waals surface area contributed by atoms with E-state index in [4.69, 9.17) is 5.11 Å². The van der Waals surface area contributed by atoms with Gasteiger partial charge in [0.2, 0.25) is 0 Å². The van der Waals surface area contributed by atoms with Gasteiger partial charge in [0.15, 0.2) is 0 Å². The van der Waals surface area contributed by atoms with Crippen molar-refractivity contribution in [1.29, 1.82) is 0 Å². The molecule has 0 amide bonds. The van der Waals surface area contributed by atoms with Gasteiger partial charge in [0.1, 0.15) is 11.8 Å². The summed E-state index contributed by atoms with van der Waals surface area (Å²) < 4.78 is 0. The molecule has 4 nitrogen and oxygen atoms in total. The lowest BCUT2D eigenvalue weighted by atomic mass is 9.84. The molecule has 0 spiro atoms. The van der Waals surface area contributed by atoms with Gasteiger partial charge in [-0.2, -0.15) is 0 Å². The Hall–Kier alpha value is -0.900. The smallest absolute Gasteiger partial charge is 0.320 e. The lowest BCUT2D eigenvalue weighted by molar-refractivity contribution is -0.139.